The first-order chi connectivity index (χ1) is 5.72. The third kappa shape index (κ3) is 2.79. The largest absolute Gasteiger partial charge is 0.356 e. The van der Waals surface area contributed by atoms with Crippen LogP contribution in [0.5, 0.6) is 0 Å². The van der Waals surface area contributed by atoms with Gasteiger partial charge in [0.05, 0.1) is 0 Å². The monoisotopic (exact) mass is 171 g/mol. The van der Waals surface area contributed by atoms with Gasteiger partial charge in [-0.15, -0.1) is 0 Å². The highest BCUT2D eigenvalue weighted by molar-refractivity contribution is 5.72. The molecule has 0 radical (unpaired) electrons. The van der Waals surface area contributed by atoms with Crippen LogP contribution in [-0.4, -0.2) is 31.6 Å². The Morgan fingerprint density at radius 3 is 3.00 bits per heavy atom. The molecule has 70 valence electrons. The van der Waals surface area contributed by atoms with Crippen LogP contribution in [0.4, 0.5) is 0 Å². The maximum atomic E-state index is 10.6. The number of hydrogen-bond acceptors (Lipinski definition) is 3. The van der Waals surface area contributed by atoms with E-state index < -0.39 is 0 Å². The molecule has 0 aromatic heterocycles. The fourth-order valence-electron chi connectivity index (χ4n) is 1.53. The lowest BCUT2D eigenvalue weighted by atomic mass is 10.1. The summed E-state index contributed by atoms with van der Waals surface area (Å²) < 4.78 is 0. The molecule has 1 aliphatic heterocycles. The smallest absolute Gasteiger partial charge is 0.216 e. The number of carbonyl (C=O) groups is 1. The van der Waals surface area contributed by atoms with Crippen molar-refractivity contribution in [1.29, 1.82) is 0 Å². The standard InChI is InChI=1S/C8H17N3O/c1-6(12)10-4-7-2-8(3-9)11-5-7/h7-8,11H,2-5,9H2,1H3,(H,10,12)/t7-,8-/m0/s1. The zero-order valence-electron chi connectivity index (χ0n) is 7.47. The second kappa shape index (κ2) is 4.42. The van der Waals surface area contributed by atoms with Crippen molar-refractivity contribution < 1.29 is 4.79 Å². The van der Waals surface area contributed by atoms with Crippen LogP contribution in [0, 0.1) is 5.92 Å². The van der Waals surface area contributed by atoms with Crippen molar-refractivity contribution in [2.24, 2.45) is 11.7 Å². The maximum Gasteiger partial charge on any atom is 0.216 e. The molecule has 0 aliphatic carbocycles. The van der Waals surface area contributed by atoms with Crippen LogP contribution in [0.3, 0.4) is 0 Å². The molecule has 1 amide bonds. The summed E-state index contributed by atoms with van der Waals surface area (Å²) in [6.45, 7) is 3.99. The average Bonchev–Trinajstić information content (AvgIpc) is 2.48. The molecule has 0 aromatic rings. The van der Waals surface area contributed by atoms with E-state index in [1.165, 1.54) is 0 Å². The van der Waals surface area contributed by atoms with E-state index in [1.807, 2.05) is 0 Å². The van der Waals surface area contributed by atoms with Gasteiger partial charge in [-0.2, -0.15) is 0 Å². The molecule has 1 saturated heterocycles. The summed E-state index contributed by atoms with van der Waals surface area (Å²) >= 11 is 0. The summed E-state index contributed by atoms with van der Waals surface area (Å²) in [5.41, 5.74) is 5.50. The minimum absolute atomic E-state index is 0.0474. The molecule has 1 fully saturated rings. The molecule has 1 aliphatic rings. The van der Waals surface area contributed by atoms with Crippen molar-refractivity contribution in [3.8, 4) is 0 Å². The number of amides is 1. The van der Waals surface area contributed by atoms with Crippen LogP contribution < -0.4 is 16.4 Å². The number of nitrogens with two attached hydrogens (primary N) is 1. The third-order valence-corrected chi connectivity index (χ3v) is 2.24. The van der Waals surface area contributed by atoms with E-state index in [0.717, 1.165) is 19.5 Å². The molecule has 4 heteroatoms. The minimum atomic E-state index is 0.0474. The lowest BCUT2D eigenvalue weighted by Crippen LogP contribution is -2.29. The predicted molar refractivity (Wildman–Crippen MR) is 47.6 cm³/mol. The molecule has 4 N–H and O–H groups in total. The Bertz CT molecular complexity index is 160. The first kappa shape index (κ1) is 9.48. The molecule has 0 saturated carbocycles. The molecule has 0 unspecified atom stereocenters. The van der Waals surface area contributed by atoms with E-state index >= 15 is 0 Å². The van der Waals surface area contributed by atoms with E-state index in [4.69, 9.17) is 5.73 Å². The zero-order chi connectivity index (χ0) is 8.97. The molecule has 1 heterocycles. The van der Waals surface area contributed by atoms with Gasteiger partial charge in [-0.3, -0.25) is 4.79 Å². The third-order valence-electron chi connectivity index (χ3n) is 2.24. The van der Waals surface area contributed by atoms with Gasteiger partial charge < -0.3 is 16.4 Å². The van der Waals surface area contributed by atoms with E-state index in [1.54, 1.807) is 6.92 Å². The Labute approximate surface area is 72.9 Å². The Kier molecular flexibility index (Phi) is 3.49. The van der Waals surface area contributed by atoms with Crippen LogP contribution in [0.2, 0.25) is 0 Å². The van der Waals surface area contributed by atoms with Crippen molar-refractivity contribution in [3.63, 3.8) is 0 Å². The zero-order valence-corrected chi connectivity index (χ0v) is 7.47. The van der Waals surface area contributed by atoms with Gasteiger partial charge in [0.25, 0.3) is 0 Å². The summed E-state index contributed by atoms with van der Waals surface area (Å²) in [5.74, 6) is 0.605. The molecular weight excluding hydrogens is 154 g/mol. The lowest BCUT2D eigenvalue weighted by molar-refractivity contribution is -0.119. The second-order valence-corrected chi connectivity index (χ2v) is 3.38. The van der Waals surface area contributed by atoms with Crippen molar-refractivity contribution in [2.45, 2.75) is 19.4 Å². The van der Waals surface area contributed by atoms with Gasteiger partial charge in [0.15, 0.2) is 0 Å². The molecule has 0 aromatic carbocycles. The quantitative estimate of drug-likeness (QED) is 0.513. The normalized spacial score (nSPS) is 28.8. The Balaban J connectivity index is 2.15. The Hall–Kier alpha value is -0.610. The number of rotatable bonds is 3. The summed E-state index contributed by atoms with van der Waals surface area (Å²) in [6.07, 6.45) is 1.08. The van der Waals surface area contributed by atoms with E-state index in [0.29, 0.717) is 18.5 Å². The summed E-state index contributed by atoms with van der Waals surface area (Å²) in [7, 11) is 0. The van der Waals surface area contributed by atoms with Gasteiger partial charge in [0.1, 0.15) is 0 Å². The van der Waals surface area contributed by atoms with Crippen LogP contribution in [-0.2, 0) is 4.79 Å². The fraction of sp³-hybridized carbons (Fsp3) is 0.875. The van der Waals surface area contributed by atoms with Crippen LogP contribution in [0.25, 0.3) is 0 Å². The highest BCUT2D eigenvalue weighted by Gasteiger charge is 2.22. The highest BCUT2D eigenvalue weighted by Crippen LogP contribution is 2.11. The van der Waals surface area contributed by atoms with Crippen LogP contribution in [0.15, 0.2) is 0 Å². The summed E-state index contributed by atoms with van der Waals surface area (Å²) in [5, 5.41) is 6.12. The van der Waals surface area contributed by atoms with Crippen LogP contribution >= 0.6 is 0 Å². The minimum Gasteiger partial charge on any atom is -0.356 e. The average molecular weight is 171 g/mol. The van der Waals surface area contributed by atoms with Crippen LogP contribution in [0.1, 0.15) is 13.3 Å². The Morgan fingerprint density at radius 2 is 2.50 bits per heavy atom. The van der Waals surface area contributed by atoms with Gasteiger partial charge in [0, 0.05) is 32.6 Å². The topological polar surface area (TPSA) is 67.2 Å². The molecule has 2 atom stereocenters. The molecular formula is C8H17N3O. The van der Waals surface area contributed by atoms with Gasteiger partial charge in [-0.1, -0.05) is 0 Å². The van der Waals surface area contributed by atoms with Gasteiger partial charge in [-0.25, -0.2) is 0 Å². The second-order valence-electron chi connectivity index (χ2n) is 3.38. The fourth-order valence-corrected chi connectivity index (χ4v) is 1.53. The number of hydrogen-bond donors (Lipinski definition) is 3. The molecule has 0 bridgehead atoms. The lowest BCUT2D eigenvalue weighted by Gasteiger charge is -2.08. The highest BCUT2D eigenvalue weighted by atomic mass is 16.1. The summed E-state index contributed by atoms with van der Waals surface area (Å²) in [6, 6.07) is 0.448. The maximum absolute atomic E-state index is 10.6. The number of carbonyl (C=O) groups excluding carboxylic acids is 1. The van der Waals surface area contributed by atoms with Crippen molar-refractivity contribution in [2.75, 3.05) is 19.6 Å². The first-order valence-corrected chi connectivity index (χ1v) is 4.40. The van der Waals surface area contributed by atoms with E-state index in [9.17, 15) is 4.79 Å². The molecule has 12 heavy (non-hydrogen) atoms. The van der Waals surface area contributed by atoms with Crippen molar-refractivity contribution in [1.82, 2.24) is 10.6 Å². The van der Waals surface area contributed by atoms with E-state index in [2.05, 4.69) is 10.6 Å². The van der Waals surface area contributed by atoms with Gasteiger partial charge in [0.2, 0.25) is 5.91 Å². The Morgan fingerprint density at radius 1 is 1.75 bits per heavy atom. The predicted octanol–water partition coefficient (Wildman–Crippen LogP) is -0.941. The first-order valence-electron chi connectivity index (χ1n) is 4.40. The van der Waals surface area contributed by atoms with Crippen molar-refractivity contribution in [3.05, 3.63) is 0 Å². The summed E-state index contributed by atoms with van der Waals surface area (Å²) in [4.78, 5) is 10.6. The number of nitrogens with one attached hydrogen (secondary N) is 2. The van der Waals surface area contributed by atoms with Gasteiger partial charge >= 0.3 is 0 Å². The molecule has 0 spiro atoms. The SMILES string of the molecule is CC(=O)NC[C@H]1CN[C@H](CN)C1. The molecule has 4 nitrogen and oxygen atoms in total. The van der Waals surface area contributed by atoms with Gasteiger partial charge in [-0.05, 0) is 12.3 Å². The van der Waals surface area contributed by atoms with Crippen molar-refractivity contribution >= 4 is 5.91 Å². The van der Waals surface area contributed by atoms with E-state index in [-0.39, 0.29) is 5.91 Å². The molecule has 1 rings (SSSR count).